The summed E-state index contributed by atoms with van der Waals surface area (Å²) in [6, 6.07) is 13.1. The standard InChI is InChI=1S/C33H26F8O/c1-18-3-2-4-19(6-5-18)20-7-9-21(10-8-20)22-11-12-25(26(34)13-22)23-14-27(35)31(28(36)15-23)33(40,41)42-24-16-29(37)32(39)30(38)17-24/h7-19H,2-6H2,1H3. The van der Waals surface area contributed by atoms with Crippen LogP contribution in [0.15, 0.2) is 66.7 Å². The normalized spacial score (nSPS) is 17.6. The summed E-state index contributed by atoms with van der Waals surface area (Å²) in [5, 5.41) is 0. The molecule has 4 aromatic rings. The summed E-state index contributed by atoms with van der Waals surface area (Å²) in [4.78, 5) is 0. The molecule has 2 atom stereocenters. The minimum absolute atomic E-state index is 0.110. The van der Waals surface area contributed by atoms with Gasteiger partial charge < -0.3 is 4.74 Å². The van der Waals surface area contributed by atoms with Gasteiger partial charge in [-0.1, -0.05) is 62.6 Å². The molecule has 1 aliphatic rings. The van der Waals surface area contributed by atoms with E-state index in [1.54, 1.807) is 6.07 Å². The number of halogens is 8. The highest BCUT2D eigenvalue weighted by Crippen LogP contribution is 2.39. The molecule has 1 fully saturated rings. The van der Waals surface area contributed by atoms with Crippen molar-refractivity contribution in [3.8, 4) is 28.0 Å². The summed E-state index contributed by atoms with van der Waals surface area (Å²) < 4.78 is 118. The van der Waals surface area contributed by atoms with Gasteiger partial charge >= 0.3 is 6.11 Å². The zero-order valence-corrected chi connectivity index (χ0v) is 22.5. The van der Waals surface area contributed by atoms with Gasteiger partial charge in [0.05, 0.1) is 0 Å². The summed E-state index contributed by atoms with van der Waals surface area (Å²) in [6.45, 7) is 2.27. The van der Waals surface area contributed by atoms with E-state index in [-0.39, 0.29) is 23.3 Å². The molecule has 0 saturated heterocycles. The van der Waals surface area contributed by atoms with Crippen LogP contribution in [0, 0.1) is 40.8 Å². The first-order valence-electron chi connectivity index (χ1n) is 13.5. The van der Waals surface area contributed by atoms with E-state index in [0.717, 1.165) is 24.3 Å². The molecule has 0 amide bonds. The van der Waals surface area contributed by atoms with Crippen molar-refractivity contribution >= 4 is 0 Å². The van der Waals surface area contributed by atoms with Crippen molar-refractivity contribution in [1.29, 1.82) is 0 Å². The Labute approximate surface area is 237 Å². The summed E-state index contributed by atoms with van der Waals surface area (Å²) >= 11 is 0. The Hall–Kier alpha value is -3.88. The maximum Gasteiger partial charge on any atom is 0.432 e. The quantitative estimate of drug-likeness (QED) is 0.123. The number of rotatable bonds is 6. The van der Waals surface area contributed by atoms with E-state index in [9.17, 15) is 30.7 Å². The number of hydrogen-bond donors (Lipinski definition) is 0. The van der Waals surface area contributed by atoms with Crippen molar-refractivity contribution in [1.82, 2.24) is 0 Å². The lowest BCUT2D eigenvalue weighted by Crippen LogP contribution is -2.25. The fourth-order valence-electron chi connectivity index (χ4n) is 5.49. The molecule has 220 valence electrons. The van der Waals surface area contributed by atoms with Gasteiger partial charge in [0.2, 0.25) is 0 Å². The van der Waals surface area contributed by atoms with Crippen LogP contribution in [-0.2, 0) is 6.11 Å². The second kappa shape index (κ2) is 11.8. The van der Waals surface area contributed by atoms with Crippen LogP contribution in [-0.4, -0.2) is 0 Å². The Morgan fingerprint density at radius 3 is 1.83 bits per heavy atom. The van der Waals surface area contributed by atoms with E-state index in [1.807, 2.05) is 24.3 Å². The largest absolute Gasteiger partial charge is 0.432 e. The van der Waals surface area contributed by atoms with Crippen molar-refractivity contribution in [2.45, 2.75) is 51.1 Å². The zero-order valence-electron chi connectivity index (χ0n) is 22.5. The lowest BCUT2D eigenvalue weighted by molar-refractivity contribution is -0.189. The average molecular weight is 591 g/mol. The molecule has 1 aliphatic carbocycles. The maximum absolute atomic E-state index is 15.1. The topological polar surface area (TPSA) is 9.23 Å². The van der Waals surface area contributed by atoms with Crippen LogP contribution in [0.4, 0.5) is 35.1 Å². The Balaban J connectivity index is 1.37. The van der Waals surface area contributed by atoms with Crippen molar-refractivity contribution in [2.75, 3.05) is 0 Å². The van der Waals surface area contributed by atoms with Crippen LogP contribution in [0.25, 0.3) is 22.3 Å². The molecule has 0 bridgehead atoms. The smallest absolute Gasteiger partial charge is 0.429 e. The molecule has 5 rings (SSSR count). The second-order valence-corrected chi connectivity index (χ2v) is 10.8. The van der Waals surface area contributed by atoms with E-state index in [1.165, 1.54) is 37.0 Å². The first-order chi connectivity index (χ1) is 19.9. The monoisotopic (exact) mass is 590 g/mol. The minimum atomic E-state index is -4.74. The van der Waals surface area contributed by atoms with Gasteiger partial charge in [-0.3, -0.25) is 0 Å². The van der Waals surface area contributed by atoms with Crippen molar-refractivity contribution in [2.24, 2.45) is 5.92 Å². The highest BCUT2D eigenvalue weighted by molar-refractivity contribution is 5.71. The van der Waals surface area contributed by atoms with E-state index >= 15 is 4.39 Å². The van der Waals surface area contributed by atoms with Gasteiger partial charge in [0.1, 0.15) is 28.8 Å². The van der Waals surface area contributed by atoms with Gasteiger partial charge in [-0.2, -0.15) is 8.78 Å². The minimum Gasteiger partial charge on any atom is -0.429 e. The van der Waals surface area contributed by atoms with Crippen LogP contribution >= 0.6 is 0 Å². The molecule has 0 heterocycles. The highest BCUT2D eigenvalue weighted by atomic mass is 19.3. The molecule has 1 saturated carbocycles. The van der Waals surface area contributed by atoms with E-state index < -0.39 is 52.3 Å². The van der Waals surface area contributed by atoms with Gasteiger partial charge in [-0.15, -0.1) is 0 Å². The molecule has 9 heteroatoms. The lowest BCUT2D eigenvalue weighted by Gasteiger charge is -2.20. The van der Waals surface area contributed by atoms with Crippen LogP contribution < -0.4 is 4.74 Å². The summed E-state index contributed by atoms with van der Waals surface area (Å²) in [5.74, 6) is -10.00. The lowest BCUT2D eigenvalue weighted by atomic mass is 9.90. The fourth-order valence-corrected chi connectivity index (χ4v) is 5.49. The molecule has 4 aromatic carbocycles. The molecular weight excluding hydrogens is 564 g/mol. The van der Waals surface area contributed by atoms with Crippen LogP contribution in [0.5, 0.6) is 5.75 Å². The number of alkyl halides is 2. The van der Waals surface area contributed by atoms with Gasteiger partial charge in [-0.05, 0) is 65.1 Å². The number of benzene rings is 4. The van der Waals surface area contributed by atoms with Crippen LogP contribution in [0.3, 0.4) is 0 Å². The molecule has 0 radical (unpaired) electrons. The Kier molecular flexibility index (Phi) is 8.30. The average Bonchev–Trinajstić information content (AvgIpc) is 3.15. The van der Waals surface area contributed by atoms with Crippen molar-refractivity contribution in [3.63, 3.8) is 0 Å². The van der Waals surface area contributed by atoms with Gasteiger partial charge in [0.15, 0.2) is 17.5 Å². The highest BCUT2D eigenvalue weighted by Gasteiger charge is 2.41. The molecule has 0 aliphatic heterocycles. The van der Waals surface area contributed by atoms with Gasteiger partial charge in [0.25, 0.3) is 0 Å². The summed E-state index contributed by atoms with van der Waals surface area (Å²) in [7, 11) is 0. The molecule has 42 heavy (non-hydrogen) atoms. The maximum atomic E-state index is 15.1. The molecule has 1 nitrogen and oxygen atoms in total. The fraction of sp³-hybridized carbons (Fsp3) is 0.273. The number of ether oxygens (including phenoxy) is 1. The Bertz CT molecular complexity index is 1550. The third kappa shape index (κ3) is 6.15. The number of hydrogen-bond acceptors (Lipinski definition) is 1. The third-order valence-electron chi connectivity index (χ3n) is 7.79. The first-order valence-corrected chi connectivity index (χ1v) is 13.5. The zero-order chi connectivity index (χ0) is 30.2. The predicted octanol–water partition coefficient (Wildman–Crippen LogP) is 10.7. The van der Waals surface area contributed by atoms with Gasteiger partial charge in [-0.25, -0.2) is 26.3 Å². The first kappa shape index (κ1) is 29.6. The van der Waals surface area contributed by atoms with Crippen LogP contribution in [0.1, 0.15) is 56.1 Å². The van der Waals surface area contributed by atoms with E-state index in [2.05, 4.69) is 11.7 Å². The molecule has 0 aromatic heterocycles. The summed E-state index contributed by atoms with van der Waals surface area (Å²) in [5.41, 5.74) is 0.0330. The SMILES string of the molecule is CC1CCCC(c2ccc(-c3ccc(-c4cc(F)c(C(F)(F)Oc5cc(F)c(F)c(F)c5)c(F)c4)c(F)c3)cc2)CC1. The van der Waals surface area contributed by atoms with E-state index in [4.69, 9.17) is 0 Å². The predicted molar refractivity (Wildman–Crippen MR) is 143 cm³/mol. The molecule has 0 spiro atoms. The van der Waals surface area contributed by atoms with Crippen LogP contribution in [0.2, 0.25) is 0 Å². The Morgan fingerprint density at radius 1 is 0.619 bits per heavy atom. The van der Waals surface area contributed by atoms with E-state index in [0.29, 0.717) is 23.6 Å². The molecule has 2 unspecified atom stereocenters. The summed E-state index contributed by atoms with van der Waals surface area (Å²) in [6.07, 6.45) is 1.09. The van der Waals surface area contributed by atoms with Crippen molar-refractivity contribution < 1.29 is 39.9 Å². The van der Waals surface area contributed by atoms with Crippen molar-refractivity contribution in [3.05, 3.63) is 113 Å². The Morgan fingerprint density at radius 2 is 1.21 bits per heavy atom. The second-order valence-electron chi connectivity index (χ2n) is 10.8. The molecule has 0 N–H and O–H groups in total. The third-order valence-corrected chi connectivity index (χ3v) is 7.79. The molecular formula is C33H26F8O. The van der Waals surface area contributed by atoms with Gasteiger partial charge in [0, 0.05) is 17.7 Å².